The Kier molecular flexibility index (Phi) is 5.90. The molecule has 31 heavy (non-hydrogen) atoms. The van der Waals surface area contributed by atoms with Crippen molar-refractivity contribution in [3.8, 4) is 5.75 Å². The first-order valence-corrected chi connectivity index (χ1v) is 10.2. The third kappa shape index (κ3) is 5.04. The predicted molar refractivity (Wildman–Crippen MR) is 115 cm³/mol. The molecule has 0 radical (unpaired) electrons. The van der Waals surface area contributed by atoms with Gasteiger partial charge in [0.05, 0.1) is 15.8 Å². The molecule has 0 bridgehead atoms. The van der Waals surface area contributed by atoms with Crippen molar-refractivity contribution in [2.45, 2.75) is 13.2 Å². The Morgan fingerprint density at radius 1 is 1.03 bits per heavy atom. The molecule has 2 N–H and O–H groups in total. The highest BCUT2D eigenvalue weighted by atomic mass is 32.1. The molecule has 1 aromatic heterocycles. The van der Waals surface area contributed by atoms with Crippen LogP contribution in [0.3, 0.4) is 0 Å². The van der Waals surface area contributed by atoms with Crippen LogP contribution in [-0.2, 0) is 13.2 Å². The molecule has 156 valence electrons. The summed E-state index contributed by atoms with van der Waals surface area (Å²) in [6.45, 7) is 0.480. The van der Waals surface area contributed by atoms with Crippen LogP contribution in [0.1, 0.15) is 31.3 Å². The summed E-state index contributed by atoms with van der Waals surface area (Å²) in [5, 5.41) is 12.4. The van der Waals surface area contributed by atoms with Crippen LogP contribution in [0.4, 0.5) is 4.39 Å². The van der Waals surface area contributed by atoms with E-state index >= 15 is 0 Å². The van der Waals surface area contributed by atoms with Crippen molar-refractivity contribution in [3.05, 3.63) is 94.2 Å². The van der Waals surface area contributed by atoms with Crippen LogP contribution >= 0.6 is 11.3 Å². The maximum absolute atomic E-state index is 13.3. The van der Waals surface area contributed by atoms with Gasteiger partial charge in [0.15, 0.2) is 0 Å². The summed E-state index contributed by atoms with van der Waals surface area (Å²) in [6, 6.07) is 17.6. The number of carbonyl (C=O) groups is 2. The number of hydrogen-bond donors (Lipinski definition) is 2. The summed E-state index contributed by atoms with van der Waals surface area (Å²) < 4.78 is 19.9. The maximum Gasteiger partial charge on any atom is 0.335 e. The number of thiazole rings is 1. The van der Waals surface area contributed by atoms with E-state index in [-0.39, 0.29) is 30.4 Å². The van der Waals surface area contributed by atoms with Crippen LogP contribution in [0, 0.1) is 5.82 Å². The lowest BCUT2D eigenvalue weighted by molar-refractivity contribution is 0.0696. The van der Waals surface area contributed by atoms with E-state index in [1.807, 2.05) is 0 Å². The fraction of sp³-hybridized carbons (Fsp3) is 0.0870. The lowest BCUT2D eigenvalue weighted by atomic mass is 10.1. The van der Waals surface area contributed by atoms with Gasteiger partial charge in [-0.2, -0.15) is 0 Å². The number of carboxylic acids is 1. The maximum atomic E-state index is 13.3. The average Bonchev–Trinajstić information content (AvgIpc) is 3.18. The lowest BCUT2D eigenvalue weighted by Crippen LogP contribution is -2.22. The molecule has 3 aromatic carbocycles. The number of hydrogen-bond acceptors (Lipinski definition) is 5. The van der Waals surface area contributed by atoms with Gasteiger partial charge in [-0.15, -0.1) is 11.3 Å². The van der Waals surface area contributed by atoms with E-state index in [1.54, 1.807) is 42.5 Å². The first kappa shape index (κ1) is 20.5. The monoisotopic (exact) mass is 436 g/mol. The van der Waals surface area contributed by atoms with Crippen molar-refractivity contribution in [2.24, 2.45) is 0 Å². The van der Waals surface area contributed by atoms with Crippen LogP contribution in [0.15, 0.2) is 66.7 Å². The molecular formula is C23H17FN2O4S. The average molecular weight is 436 g/mol. The first-order chi connectivity index (χ1) is 15.0. The number of aromatic carboxylic acids is 1. The standard InChI is InChI=1S/C23H17FN2O4S/c24-17-8-9-20-19(11-17)26-21(31-20)13-30-18-3-1-2-16(10-18)22(27)25-12-14-4-6-15(7-5-14)23(28)29/h1-11H,12-13H2,(H,25,27)(H,28,29). The van der Waals surface area contributed by atoms with Gasteiger partial charge in [-0.1, -0.05) is 18.2 Å². The minimum Gasteiger partial charge on any atom is -0.486 e. The van der Waals surface area contributed by atoms with Crippen molar-refractivity contribution in [3.63, 3.8) is 0 Å². The van der Waals surface area contributed by atoms with E-state index in [9.17, 15) is 14.0 Å². The van der Waals surface area contributed by atoms with Gasteiger partial charge in [0.2, 0.25) is 0 Å². The van der Waals surface area contributed by atoms with Gasteiger partial charge in [0, 0.05) is 18.2 Å². The largest absolute Gasteiger partial charge is 0.486 e. The molecule has 0 unspecified atom stereocenters. The lowest BCUT2D eigenvalue weighted by Gasteiger charge is -2.08. The zero-order valence-electron chi connectivity index (χ0n) is 16.2. The molecule has 0 saturated heterocycles. The molecule has 0 saturated carbocycles. The van der Waals surface area contributed by atoms with Crippen LogP contribution in [0.2, 0.25) is 0 Å². The van der Waals surface area contributed by atoms with Gasteiger partial charge in [-0.05, 0) is 48.0 Å². The molecule has 0 atom stereocenters. The fourth-order valence-corrected chi connectivity index (χ4v) is 3.79. The summed E-state index contributed by atoms with van der Waals surface area (Å²) in [4.78, 5) is 27.7. The SMILES string of the molecule is O=C(O)c1ccc(CNC(=O)c2cccc(OCc3nc4cc(F)ccc4s3)c2)cc1. The van der Waals surface area contributed by atoms with E-state index in [0.29, 0.717) is 21.8 Å². The number of carboxylic acid groups (broad SMARTS) is 1. The Bertz CT molecular complexity index is 1250. The minimum absolute atomic E-state index is 0.193. The van der Waals surface area contributed by atoms with E-state index in [0.717, 1.165) is 10.3 Å². The summed E-state index contributed by atoms with van der Waals surface area (Å²) in [6.07, 6.45) is 0. The second-order valence-corrected chi connectivity index (χ2v) is 7.84. The van der Waals surface area contributed by atoms with Crippen molar-refractivity contribution in [2.75, 3.05) is 0 Å². The minimum atomic E-state index is -0.995. The number of halogens is 1. The van der Waals surface area contributed by atoms with Crippen molar-refractivity contribution >= 4 is 33.4 Å². The van der Waals surface area contributed by atoms with Crippen molar-refractivity contribution in [1.29, 1.82) is 0 Å². The van der Waals surface area contributed by atoms with Crippen molar-refractivity contribution in [1.82, 2.24) is 10.3 Å². The van der Waals surface area contributed by atoms with Gasteiger partial charge in [0.1, 0.15) is 23.2 Å². The predicted octanol–water partition coefficient (Wildman–Crippen LogP) is 4.64. The third-order valence-electron chi connectivity index (χ3n) is 4.51. The molecule has 8 heteroatoms. The van der Waals surface area contributed by atoms with Gasteiger partial charge in [-0.25, -0.2) is 14.2 Å². The summed E-state index contributed by atoms with van der Waals surface area (Å²) in [5.41, 5.74) is 2.01. The van der Waals surface area contributed by atoms with Gasteiger partial charge in [0.25, 0.3) is 5.91 Å². The quantitative estimate of drug-likeness (QED) is 0.441. The molecule has 0 aliphatic heterocycles. The highest BCUT2D eigenvalue weighted by molar-refractivity contribution is 7.18. The number of carbonyl (C=O) groups excluding carboxylic acids is 1. The number of rotatable bonds is 7. The van der Waals surface area contributed by atoms with E-state index in [1.165, 1.54) is 35.6 Å². The van der Waals surface area contributed by atoms with Gasteiger partial charge < -0.3 is 15.2 Å². The second kappa shape index (κ2) is 8.93. The molecule has 0 aliphatic carbocycles. The van der Waals surface area contributed by atoms with E-state index in [4.69, 9.17) is 9.84 Å². The van der Waals surface area contributed by atoms with Crippen molar-refractivity contribution < 1.29 is 23.8 Å². The normalized spacial score (nSPS) is 10.7. The van der Waals surface area contributed by atoms with E-state index < -0.39 is 5.97 Å². The zero-order chi connectivity index (χ0) is 21.8. The molecule has 4 aromatic rings. The highest BCUT2D eigenvalue weighted by Crippen LogP contribution is 2.24. The molecule has 1 amide bonds. The number of aromatic nitrogens is 1. The Morgan fingerprint density at radius 3 is 2.61 bits per heavy atom. The molecule has 6 nitrogen and oxygen atoms in total. The first-order valence-electron chi connectivity index (χ1n) is 9.36. The second-order valence-electron chi connectivity index (χ2n) is 6.72. The number of ether oxygens (including phenoxy) is 1. The molecule has 0 aliphatic rings. The topological polar surface area (TPSA) is 88.5 Å². The highest BCUT2D eigenvalue weighted by Gasteiger charge is 2.09. The Hall–Kier alpha value is -3.78. The Morgan fingerprint density at radius 2 is 1.84 bits per heavy atom. The molecular weight excluding hydrogens is 419 g/mol. The smallest absolute Gasteiger partial charge is 0.335 e. The van der Waals surface area contributed by atoms with E-state index in [2.05, 4.69) is 10.3 Å². The van der Waals surface area contributed by atoms with Crippen LogP contribution in [0.25, 0.3) is 10.2 Å². The van der Waals surface area contributed by atoms with Gasteiger partial charge in [-0.3, -0.25) is 4.79 Å². The number of fused-ring (bicyclic) bond motifs is 1. The number of nitrogens with zero attached hydrogens (tertiary/aromatic N) is 1. The van der Waals surface area contributed by atoms with Crippen LogP contribution in [0.5, 0.6) is 5.75 Å². The Balaban J connectivity index is 1.36. The molecule has 1 heterocycles. The van der Waals surface area contributed by atoms with Crippen LogP contribution < -0.4 is 10.1 Å². The number of amides is 1. The fourth-order valence-electron chi connectivity index (χ4n) is 2.93. The number of nitrogens with one attached hydrogen (secondary N) is 1. The Labute approximate surface area is 180 Å². The third-order valence-corrected chi connectivity index (χ3v) is 5.52. The van der Waals surface area contributed by atoms with Crippen LogP contribution in [-0.4, -0.2) is 22.0 Å². The summed E-state index contributed by atoms with van der Waals surface area (Å²) in [5.74, 6) is -1.08. The number of benzene rings is 3. The summed E-state index contributed by atoms with van der Waals surface area (Å²) in [7, 11) is 0. The molecule has 0 spiro atoms. The van der Waals surface area contributed by atoms with Gasteiger partial charge >= 0.3 is 5.97 Å². The zero-order valence-corrected chi connectivity index (χ0v) is 17.0. The molecule has 4 rings (SSSR count). The molecule has 0 fully saturated rings. The summed E-state index contributed by atoms with van der Waals surface area (Å²) >= 11 is 1.43.